The number of hydrogen-bond donors (Lipinski definition) is 1. The van der Waals surface area contributed by atoms with Gasteiger partial charge in [-0.2, -0.15) is 13.2 Å². The van der Waals surface area contributed by atoms with Gasteiger partial charge in [0, 0.05) is 11.0 Å². The molecule has 2 nitrogen and oxygen atoms in total. The minimum absolute atomic E-state index is 0.245. The molecule has 0 spiro atoms. The van der Waals surface area contributed by atoms with Gasteiger partial charge in [0.15, 0.2) is 0 Å². The van der Waals surface area contributed by atoms with Gasteiger partial charge in [0.05, 0.1) is 5.56 Å². The summed E-state index contributed by atoms with van der Waals surface area (Å²) < 4.78 is 37.5. The van der Waals surface area contributed by atoms with Crippen LogP contribution in [-0.4, -0.2) is 11.1 Å². The lowest BCUT2D eigenvalue weighted by atomic mass is 9.82. The van der Waals surface area contributed by atoms with Crippen molar-refractivity contribution in [2.75, 3.05) is 0 Å². The van der Waals surface area contributed by atoms with Crippen molar-refractivity contribution in [2.45, 2.75) is 38.8 Å². The maximum Gasteiger partial charge on any atom is 0.416 e. The number of carboxylic acids is 1. The first kappa shape index (κ1) is 16.3. The molecule has 0 saturated heterocycles. The van der Waals surface area contributed by atoms with Crippen LogP contribution < -0.4 is 0 Å². The maximum atomic E-state index is 12.5. The third-order valence-electron chi connectivity index (χ3n) is 3.15. The molecule has 0 heterocycles. The van der Waals surface area contributed by atoms with Gasteiger partial charge in [-0.3, -0.25) is 0 Å². The molecule has 0 atom stereocenters. The zero-order valence-electron chi connectivity index (χ0n) is 11.6. The molecule has 0 aliphatic heterocycles. The van der Waals surface area contributed by atoms with E-state index in [2.05, 4.69) is 0 Å². The van der Waals surface area contributed by atoms with E-state index < -0.39 is 23.1 Å². The van der Waals surface area contributed by atoms with Gasteiger partial charge in [-0.15, -0.1) is 0 Å². The molecule has 0 amide bonds. The molecule has 0 unspecified atom stereocenters. The van der Waals surface area contributed by atoms with E-state index in [0.717, 1.165) is 12.1 Å². The molecule has 0 saturated carbocycles. The molecule has 1 aromatic carbocycles. The topological polar surface area (TPSA) is 37.3 Å². The predicted molar refractivity (Wildman–Crippen MR) is 70.5 cm³/mol. The molecule has 0 fully saturated rings. The van der Waals surface area contributed by atoms with E-state index >= 15 is 0 Å². The van der Waals surface area contributed by atoms with E-state index in [1.165, 1.54) is 12.1 Å². The second-order valence-electron chi connectivity index (χ2n) is 5.13. The Morgan fingerprint density at radius 2 is 1.60 bits per heavy atom. The monoisotopic (exact) mass is 286 g/mol. The molecule has 110 valence electrons. The molecule has 5 heteroatoms. The third-order valence-corrected chi connectivity index (χ3v) is 3.15. The smallest absolute Gasteiger partial charge is 0.416 e. The van der Waals surface area contributed by atoms with Gasteiger partial charge in [0.1, 0.15) is 0 Å². The Morgan fingerprint density at radius 3 is 1.95 bits per heavy atom. The molecule has 1 N–H and O–H groups in total. The number of allylic oxidation sites excluding steroid dienone is 1. The van der Waals surface area contributed by atoms with Crippen LogP contribution in [0.3, 0.4) is 0 Å². The molecule has 0 radical (unpaired) electrons. The van der Waals surface area contributed by atoms with Crippen LogP contribution in [0.1, 0.15) is 38.3 Å². The van der Waals surface area contributed by atoms with Gasteiger partial charge in [-0.05, 0) is 24.1 Å². The average molecular weight is 286 g/mol. The molecule has 1 aromatic rings. The Kier molecular flexibility index (Phi) is 4.63. The minimum Gasteiger partial charge on any atom is -0.478 e. The van der Waals surface area contributed by atoms with Crippen molar-refractivity contribution in [3.63, 3.8) is 0 Å². The summed E-state index contributed by atoms with van der Waals surface area (Å²) in [5, 5.41) is 9.02. The number of aliphatic carboxylic acids is 1. The molecule has 20 heavy (non-hydrogen) atoms. The van der Waals surface area contributed by atoms with Crippen molar-refractivity contribution in [2.24, 2.45) is 0 Å². The summed E-state index contributed by atoms with van der Waals surface area (Å²) >= 11 is 0. The summed E-state index contributed by atoms with van der Waals surface area (Å²) in [4.78, 5) is 11.0. The van der Waals surface area contributed by atoms with E-state index in [1.54, 1.807) is 26.8 Å². The highest BCUT2D eigenvalue weighted by molar-refractivity contribution is 5.86. The number of benzene rings is 1. The summed E-state index contributed by atoms with van der Waals surface area (Å²) in [6.07, 6.45) is -2.43. The molecular weight excluding hydrogens is 269 g/mol. The maximum absolute atomic E-state index is 12.5. The number of alkyl halides is 3. The highest BCUT2D eigenvalue weighted by Gasteiger charge is 2.30. The van der Waals surface area contributed by atoms with Crippen molar-refractivity contribution in [1.29, 1.82) is 0 Å². The molecule has 0 aliphatic rings. The number of rotatable bonds is 4. The second-order valence-corrected chi connectivity index (χ2v) is 5.13. The van der Waals surface area contributed by atoms with Crippen LogP contribution in [0.4, 0.5) is 13.2 Å². The van der Waals surface area contributed by atoms with Gasteiger partial charge in [0.25, 0.3) is 0 Å². The van der Waals surface area contributed by atoms with E-state index in [0.29, 0.717) is 12.0 Å². The van der Waals surface area contributed by atoms with Gasteiger partial charge >= 0.3 is 12.1 Å². The number of halogens is 3. The largest absolute Gasteiger partial charge is 0.478 e. The van der Waals surface area contributed by atoms with Crippen LogP contribution in [0.5, 0.6) is 0 Å². The van der Waals surface area contributed by atoms with Gasteiger partial charge in [-0.25, -0.2) is 4.79 Å². The van der Waals surface area contributed by atoms with Crippen molar-refractivity contribution in [3.8, 4) is 0 Å². The fourth-order valence-electron chi connectivity index (χ4n) is 1.92. The lowest BCUT2D eigenvalue weighted by Gasteiger charge is -2.22. The molecule has 1 rings (SSSR count). The van der Waals surface area contributed by atoms with Crippen LogP contribution in [0, 0.1) is 0 Å². The first-order valence-corrected chi connectivity index (χ1v) is 6.20. The van der Waals surface area contributed by atoms with Crippen LogP contribution in [-0.2, 0) is 16.4 Å². The van der Waals surface area contributed by atoms with Crippen LogP contribution >= 0.6 is 0 Å². The first-order chi connectivity index (χ1) is 9.08. The Labute approximate surface area is 115 Å². The highest BCUT2D eigenvalue weighted by Crippen LogP contribution is 2.32. The third kappa shape index (κ3) is 3.85. The van der Waals surface area contributed by atoms with Crippen LogP contribution in [0.25, 0.3) is 0 Å². The summed E-state index contributed by atoms with van der Waals surface area (Å²) in [7, 11) is 0. The summed E-state index contributed by atoms with van der Waals surface area (Å²) in [6, 6.07) is 4.79. The SMILES string of the molecule is CCC(=CC(C)(C)c1ccc(C(F)(F)F)cc1)C(=O)O. The summed E-state index contributed by atoms with van der Waals surface area (Å²) in [6.45, 7) is 5.27. The lowest BCUT2D eigenvalue weighted by molar-refractivity contribution is -0.137. The highest BCUT2D eigenvalue weighted by atomic mass is 19.4. The molecule has 0 aliphatic carbocycles. The normalized spacial score (nSPS) is 13.4. The van der Waals surface area contributed by atoms with Gasteiger partial charge in [-0.1, -0.05) is 39.0 Å². The Morgan fingerprint density at radius 1 is 1.15 bits per heavy atom. The van der Waals surface area contributed by atoms with Crippen molar-refractivity contribution in [3.05, 3.63) is 47.0 Å². The van der Waals surface area contributed by atoms with E-state index in [9.17, 15) is 18.0 Å². The molecular formula is C15H17F3O2. The zero-order chi connectivity index (χ0) is 15.6. The van der Waals surface area contributed by atoms with Crippen molar-refractivity contribution in [1.82, 2.24) is 0 Å². The second kappa shape index (κ2) is 5.69. The number of hydrogen-bond acceptors (Lipinski definition) is 1. The molecule has 0 aromatic heterocycles. The van der Waals surface area contributed by atoms with Crippen molar-refractivity contribution >= 4 is 5.97 Å². The van der Waals surface area contributed by atoms with E-state index in [-0.39, 0.29) is 5.57 Å². The Bertz CT molecular complexity index is 511. The number of carbonyl (C=O) groups is 1. The standard InChI is InChI=1S/C15H17F3O2/c1-4-10(13(19)20)9-14(2,3)11-5-7-12(8-6-11)15(16,17)18/h5-9H,4H2,1-3H3,(H,19,20). The van der Waals surface area contributed by atoms with Crippen molar-refractivity contribution < 1.29 is 23.1 Å². The Hall–Kier alpha value is -1.78. The van der Waals surface area contributed by atoms with E-state index in [4.69, 9.17) is 5.11 Å². The predicted octanol–water partition coefficient (Wildman–Crippen LogP) is 4.40. The minimum atomic E-state index is -4.37. The van der Waals surface area contributed by atoms with Gasteiger partial charge < -0.3 is 5.11 Å². The fraction of sp³-hybridized carbons (Fsp3) is 0.400. The fourth-order valence-corrected chi connectivity index (χ4v) is 1.92. The van der Waals surface area contributed by atoms with Crippen LogP contribution in [0.15, 0.2) is 35.9 Å². The van der Waals surface area contributed by atoms with Gasteiger partial charge in [0.2, 0.25) is 0 Å². The quantitative estimate of drug-likeness (QED) is 0.833. The average Bonchev–Trinajstić information content (AvgIpc) is 2.35. The first-order valence-electron chi connectivity index (χ1n) is 6.20. The summed E-state index contributed by atoms with van der Waals surface area (Å²) in [5.74, 6) is -1.01. The van der Waals surface area contributed by atoms with E-state index in [1.807, 2.05) is 0 Å². The zero-order valence-corrected chi connectivity index (χ0v) is 11.6. The van der Waals surface area contributed by atoms with Crippen LogP contribution in [0.2, 0.25) is 0 Å². The number of carboxylic acid groups (broad SMARTS) is 1. The lowest BCUT2D eigenvalue weighted by Crippen LogP contribution is -2.17. The molecule has 0 bridgehead atoms. The Balaban J connectivity index is 3.13. The summed E-state index contributed by atoms with van der Waals surface area (Å²) in [5.41, 5.74) is -0.476.